The molecular formula is C13H12O4. The Hall–Kier alpha value is -1.97. The number of benzene rings is 1. The van der Waals surface area contributed by atoms with Gasteiger partial charge in [0.1, 0.15) is 11.5 Å². The summed E-state index contributed by atoms with van der Waals surface area (Å²) in [6.07, 6.45) is 4.43. The number of aliphatic carboxylic acids is 1. The van der Waals surface area contributed by atoms with Gasteiger partial charge in [-0.25, -0.2) is 4.79 Å². The lowest BCUT2D eigenvalue weighted by Gasteiger charge is -2.09. The maximum absolute atomic E-state index is 10.6. The summed E-state index contributed by atoms with van der Waals surface area (Å²) in [6, 6.07) is 2.02. The third-order valence-electron chi connectivity index (χ3n) is 3.08. The minimum absolute atomic E-state index is 0.659. The lowest BCUT2D eigenvalue weighted by atomic mass is 9.99. The molecule has 0 saturated carbocycles. The summed E-state index contributed by atoms with van der Waals surface area (Å²) in [5, 5.41) is 8.71. The van der Waals surface area contributed by atoms with Crippen LogP contribution in [0, 0.1) is 0 Å². The van der Waals surface area contributed by atoms with E-state index in [0.717, 1.165) is 47.1 Å². The first kappa shape index (κ1) is 10.2. The number of ether oxygens (including phenoxy) is 2. The molecule has 2 aliphatic heterocycles. The van der Waals surface area contributed by atoms with Crippen molar-refractivity contribution in [2.75, 3.05) is 13.2 Å². The Morgan fingerprint density at radius 1 is 1.29 bits per heavy atom. The van der Waals surface area contributed by atoms with Gasteiger partial charge in [0.25, 0.3) is 0 Å². The third-order valence-corrected chi connectivity index (χ3v) is 3.08. The van der Waals surface area contributed by atoms with Crippen LogP contribution in [-0.2, 0) is 17.6 Å². The van der Waals surface area contributed by atoms with Crippen LogP contribution in [0.3, 0.4) is 0 Å². The molecule has 0 aromatic heterocycles. The van der Waals surface area contributed by atoms with E-state index in [-0.39, 0.29) is 0 Å². The van der Waals surface area contributed by atoms with E-state index in [2.05, 4.69) is 0 Å². The van der Waals surface area contributed by atoms with Gasteiger partial charge >= 0.3 is 5.97 Å². The molecule has 0 amide bonds. The minimum atomic E-state index is -0.951. The van der Waals surface area contributed by atoms with E-state index in [1.807, 2.05) is 6.07 Å². The van der Waals surface area contributed by atoms with Gasteiger partial charge in [0, 0.05) is 35.6 Å². The van der Waals surface area contributed by atoms with E-state index in [1.54, 1.807) is 6.08 Å². The van der Waals surface area contributed by atoms with Crippen LogP contribution in [0.1, 0.15) is 16.7 Å². The van der Waals surface area contributed by atoms with Crippen LogP contribution in [0.25, 0.3) is 6.08 Å². The van der Waals surface area contributed by atoms with Gasteiger partial charge in [-0.05, 0) is 12.1 Å². The average Bonchev–Trinajstić information content (AvgIpc) is 2.90. The number of fused-ring (bicyclic) bond motifs is 2. The number of hydrogen-bond acceptors (Lipinski definition) is 3. The Labute approximate surface area is 98.5 Å². The molecule has 0 fully saturated rings. The number of hydrogen-bond donors (Lipinski definition) is 1. The van der Waals surface area contributed by atoms with Crippen LogP contribution in [0.2, 0.25) is 0 Å². The zero-order chi connectivity index (χ0) is 11.8. The molecule has 2 heterocycles. The van der Waals surface area contributed by atoms with Crippen LogP contribution in [-0.4, -0.2) is 24.3 Å². The Bertz CT molecular complexity index is 484. The maximum Gasteiger partial charge on any atom is 0.328 e. The summed E-state index contributed by atoms with van der Waals surface area (Å²) in [4.78, 5) is 10.6. The molecule has 0 unspecified atom stereocenters. The van der Waals surface area contributed by atoms with Crippen molar-refractivity contribution in [2.45, 2.75) is 12.8 Å². The highest BCUT2D eigenvalue weighted by molar-refractivity contribution is 5.87. The fourth-order valence-electron chi connectivity index (χ4n) is 2.35. The fourth-order valence-corrected chi connectivity index (χ4v) is 2.35. The second-order valence-electron chi connectivity index (χ2n) is 4.12. The van der Waals surface area contributed by atoms with Gasteiger partial charge in [-0.3, -0.25) is 0 Å². The molecule has 0 atom stereocenters. The summed E-state index contributed by atoms with van der Waals surface area (Å²) in [7, 11) is 0. The Kier molecular flexibility index (Phi) is 2.28. The molecule has 1 N–H and O–H groups in total. The predicted octanol–water partition coefficient (Wildman–Crippen LogP) is 1.65. The molecule has 0 aliphatic carbocycles. The van der Waals surface area contributed by atoms with E-state index in [4.69, 9.17) is 14.6 Å². The summed E-state index contributed by atoms with van der Waals surface area (Å²) >= 11 is 0. The summed E-state index contributed by atoms with van der Waals surface area (Å²) in [6.45, 7) is 1.32. The van der Waals surface area contributed by atoms with Crippen LogP contribution in [0.4, 0.5) is 0 Å². The molecule has 1 aromatic carbocycles. The highest BCUT2D eigenvalue weighted by atomic mass is 16.5. The number of carbonyl (C=O) groups is 1. The third kappa shape index (κ3) is 1.65. The molecule has 0 bridgehead atoms. The van der Waals surface area contributed by atoms with Crippen LogP contribution in [0.5, 0.6) is 11.5 Å². The van der Waals surface area contributed by atoms with E-state index < -0.39 is 5.97 Å². The molecule has 17 heavy (non-hydrogen) atoms. The van der Waals surface area contributed by atoms with Gasteiger partial charge in [-0.15, -0.1) is 0 Å². The number of rotatable bonds is 2. The number of carboxylic acids is 1. The lowest BCUT2D eigenvalue weighted by molar-refractivity contribution is -0.131. The normalized spacial score (nSPS) is 16.5. The van der Waals surface area contributed by atoms with Crippen LogP contribution in [0.15, 0.2) is 12.1 Å². The van der Waals surface area contributed by atoms with E-state index in [1.165, 1.54) is 0 Å². The maximum atomic E-state index is 10.6. The van der Waals surface area contributed by atoms with E-state index in [9.17, 15) is 4.79 Å². The molecule has 1 aromatic rings. The highest BCUT2D eigenvalue weighted by Crippen LogP contribution is 2.41. The van der Waals surface area contributed by atoms with Crippen molar-refractivity contribution in [3.05, 3.63) is 28.8 Å². The largest absolute Gasteiger partial charge is 0.493 e. The topological polar surface area (TPSA) is 55.8 Å². The molecule has 0 saturated heterocycles. The van der Waals surface area contributed by atoms with Crippen molar-refractivity contribution in [3.8, 4) is 11.5 Å². The van der Waals surface area contributed by atoms with Gasteiger partial charge in [-0.2, -0.15) is 0 Å². The van der Waals surface area contributed by atoms with Gasteiger partial charge in [0.05, 0.1) is 13.2 Å². The van der Waals surface area contributed by atoms with Gasteiger partial charge < -0.3 is 14.6 Å². The average molecular weight is 232 g/mol. The summed E-state index contributed by atoms with van der Waals surface area (Å²) in [5.74, 6) is 0.749. The van der Waals surface area contributed by atoms with Crippen molar-refractivity contribution in [1.82, 2.24) is 0 Å². The van der Waals surface area contributed by atoms with Gasteiger partial charge in [0.2, 0.25) is 0 Å². The summed E-state index contributed by atoms with van der Waals surface area (Å²) in [5.41, 5.74) is 3.04. The van der Waals surface area contributed by atoms with Crippen molar-refractivity contribution in [1.29, 1.82) is 0 Å². The molecule has 4 nitrogen and oxygen atoms in total. The first-order valence-electron chi connectivity index (χ1n) is 5.61. The molecule has 88 valence electrons. The van der Waals surface area contributed by atoms with Crippen molar-refractivity contribution in [3.63, 3.8) is 0 Å². The quantitative estimate of drug-likeness (QED) is 0.788. The monoisotopic (exact) mass is 232 g/mol. The van der Waals surface area contributed by atoms with Crippen molar-refractivity contribution >= 4 is 12.0 Å². The van der Waals surface area contributed by atoms with Crippen molar-refractivity contribution in [2.24, 2.45) is 0 Å². The van der Waals surface area contributed by atoms with E-state index in [0.29, 0.717) is 13.2 Å². The molecule has 0 spiro atoms. The van der Waals surface area contributed by atoms with Crippen LogP contribution >= 0.6 is 0 Å². The first-order valence-corrected chi connectivity index (χ1v) is 5.61. The smallest absolute Gasteiger partial charge is 0.328 e. The van der Waals surface area contributed by atoms with Crippen molar-refractivity contribution < 1.29 is 19.4 Å². The molecule has 0 radical (unpaired) electrons. The zero-order valence-electron chi connectivity index (χ0n) is 9.23. The fraction of sp³-hybridized carbons (Fsp3) is 0.308. The summed E-state index contributed by atoms with van der Waals surface area (Å²) < 4.78 is 11.1. The number of carboxylic acid groups (broad SMARTS) is 1. The molecular weight excluding hydrogens is 220 g/mol. The molecule has 2 aliphatic rings. The zero-order valence-corrected chi connectivity index (χ0v) is 9.23. The second-order valence-corrected chi connectivity index (χ2v) is 4.12. The molecule has 3 rings (SSSR count). The first-order chi connectivity index (χ1) is 8.25. The van der Waals surface area contributed by atoms with Gasteiger partial charge in [-0.1, -0.05) is 0 Å². The lowest BCUT2D eigenvalue weighted by Crippen LogP contribution is -1.93. The standard InChI is InChI=1S/C13H12O4/c14-12(15)2-1-10-9-4-6-16-11(9)7-8-3-5-17-13(8)10/h1-2,7H,3-6H2,(H,14,15)/b2-1+. The SMILES string of the molecule is O=C(O)/C=C/c1c2c(cc3c1OCC3)OCC2. The second kappa shape index (κ2) is 3.80. The highest BCUT2D eigenvalue weighted by Gasteiger charge is 2.25. The predicted molar refractivity (Wildman–Crippen MR) is 61.5 cm³/mol. The Balaban J connectivity index is 2.14. The molecule has 4 heteroatoms. The van der Waals surface area contributed by atoms with Gasteiger partial charge in [0.15, 0.2) is 0 Å². The van der Waals surface area contributed by atoms with E-state index >= 15 is 0 Å². The van der Waals surface area contributed by atoms with Crippen LogP contribution < -0.4 is 9.47 Å². The Morgan fingerprint density at radius 2 is 2.12 bits per heavy atom. The Morgan fingerprint density at radius 3 is 2.94 bits per heavy atom. The minimum Gasteiger partial charge on any atom is -0.493 e.